The first-order valence-electron chi connectivity index (χ1n) is 6.57. The molecule has 2 unspecified atom stereocenters. The summed E-state index contributed by atoms with van der Waals surface area (Å²) < 4.78 is 38.1. The van der Waals surface area contributed by atoms with Crippen LogP contribution in [0.3, 0.4) is 0 Å². The molecule has 21 heavy (non-hydrogen) atoms. The van der Waals surface area contributed by atoms with Crippen LogP contribution in [0.2, 0.25) is 0 Å². The van der Waals surface area contributed by atoms with E-state index < -0.39 is 29.7 Å². The molecule has 1 N–H and O–H groups in total. The molecule has 1 saturated heterocycles. The van der Waals surface area contributed by atoms with Gasteiger partial charge in [-0.15, -0.1) is 0 Å². The van der Waals surface area contributed by atoms with Gasteiger partial charge in [0.1, 0.15) is 6.04 Å². The van der Waals surface area contributed by atoms with E-state index in [2.05, 4.69) is 5.32 Å². The first kappa shape index (κ1) is 15.3. The number of carbonyl (C=O) groups excluding carboxylic acids is 2. The Balaban J connectivity index is 2.34. The van der Waals surface area contributed by atoms with E-state index in [9.17, 15) is 22.8 Å². The fourth-order valence-electron chi connectivity index (χ4n) is 2.19. The Morgan fingerprint density at radius 3 is 2.57 bits per heavy atom. The average Bonchev–Trinajstić information content (AvgIpc) is 2.72. The third-order valence-corrected chi connectivity index (χ3v) is 3.61. The van der Waals surface area contributed by atoms with Crippen LogP contribution in [0, 0.1) is 5.92 Å². The first-order chi connectivity index (χ1) is 9.75. The SMILES string of the molecule is CCC(C)C1NC(=O)N(c2cccc(C(F)(F)F)c2)C1=O. The van der Waals surface area contributed by atoms with E-state index in [-0.39, 0.29) is 11.6 Å². The minimum Gasteiger partial charge on any atom is -0.325 e. The number of amides is 3. The molecule has 0 saturated carbocycles. The van der Waals surface area contributed by atoms with Crippen LogP contribution in [0.5, 0.6) is 0 Å². The van der Waals surface area contributed by atoms with Crippen molar-refractivity contribution in [2.75, 3.05) is 4.90 Å². The zero-order valence-corrected chi connectivity index (χ0v) is 11.6. The van der Waals surface area contributed by atoms with Crippen molar-refractivity contribution < 1.29 is 22.8 Å². The Kier molecular flexibility index (Phi) is 3.93. The zero-order chi connectivity index (χ0) is 15.8. The van der Waals surface area contributed by atoms with E-state index in [0.29, 0.717) is 6.42 Å². The van der Waals surface area contributed by atoms with Crippen molar-refractivity contribution in [1.82, 2.24) is 5.32 Å². The lowest BCUT2D eigenvalue weighted by Gasteiger charge is -2.17. The van der Waals surface area contributed by atoms with Gasteiger partial charge in [-0.25, -0.2) is 9.69 Å². The second-order valence-electron chi connectivity index (χ2n) is 5.03. The largest absolute Gasteiger partial charge is 0.416 e. The van der Waals surface area contributed by atoms with Crippen LogP contribution in [0.15, 0.2) is 24.3 Å². The summed E-state index contributed by atoms with van der Waals surface area (Å²) in [5.41, 5.74) is -0.967. The van der Waals surface area contributed by atoms with Crippen molar-refractivity contribution in [2.45, 2.75) is 32.5 Å². The second-order valence-corrected chi connectivity index (χ2v) is 5.03. The third kappa shape index (κ3) is 2.86. The Morgan fingerprint density at radius 1 is 1.33 bits per heavy atom. The number of anilines is 1. The maximum absolute atomic E-state index is 12.7. The van der Waals surface area contributed by atoms with Crippen molar-refractivity contribution >= 4 is 17.6 Å². The monoisotopic (exact) mass is 300 g/mol. The predicted molar refractivity (Wildman–Crippen MR) is 70.7 cm³/mol. The molecule has 0 bridgehead atoms. The smallest absolute Gasteiger partial charge is 0.325 e. The van der Waals surface area contributed by atoms with Crippen LogP contribution in [-0.4, -0.2) is 18.0 Å². The molecular formula is C14H15F3N2O2. The second kappa shape index (κ2) is 5.38. The van der Waals surface area contributed by atoms with Gasteiger partial charge < -0.3 is 5.32 Å². The number of hydrogen-bond acceptors (Lipinski definition) is 2. The number of imide groups is 1. The fraction of sp³-hybridized carbons (Fsp3) is 0.429. The van der Waals surface area contributed by atoms with E-state index in [1.165, 1.54) is 12.1 Å². The van der Waals surface area contributed by atoms with E-state index in [1.807, 2.05) is 6.92 Å². The number of carbonyl (C=O) groups is 2. The molecule has 7 heteroatoms. The number of rotatable bonds is 3. The summed E-state index contributed by atoms with van der Waals surface area (Å²) in [6, 6.07) is 2.80. The topological polar surface area (TPSA) is 49.4 Å². The van der Waals surface area contributed by atoms with Crippen LogP contribution < -0.4 is 10.2 Å². The van der Waals surface area contributed by atoms with Crippen molar-refractivity contribution in [2.24, 2.45) is 5.92 Å². The lowest BCUT2D eigenvalue weighted by molar-refractivity contribution is -0.137. The van der Waals surface area contributed by atoms with Gasteiger partial charge in [-0.2, -0.15) is 13.2 Å². The molecule has 1 aromatic rings. The van der Waals surface area contributed by atoms with Crippen molar-refractivity contribution in [3.63, 3.8) is 0 Å². The summed E-state index contributed by atoms with van der Waals surface area (Å²) in [5, 5.41) is 2.52. The number of alkyl halides is 3. The Morgan fingerprint density at radius 2 is 2.00 bits per heavy atom. The highest BCUT2D eigenvalue weighted by Crippen LogP contribution is 2.32. The molecule has 1 aromatic carbocycles. The Bertz CT molecular complexity index is 572. The molecule has 2 rings (SSSR count). The molecule has 1 aliphatic heterocycles. The van der Waals surface area contributed by atoms with Gasteiger partial charge in [-0.3, -0.25) is 4.79 Å². The van der Waals surface area contributed by atoms with Crippen molar-refractivity contribution in [3.8, 4) is 0 Å². The summed E-state index contributed by atoms with van der Waals surface area (Å²) in [6.45, 7) is 3.68. The molecule has 1 heterocycles. The van der Waals surface area contributed by atoms with Gasteiger partial charge in [0.2, 0.25) is 0 Å². The van der Waals surface area contributed by atoms with Gasteiger partial charge in [0.25, 0.3) is 5.91 Å². The van der Waals surface area contributed by atoms with Crippen molar-refractivity contribution in [3.05, 3.63) is 29.8 Å². The fourth-order valence-corrected chi connectivity index (χ4v) is 2.19. The lowest BCUT2D eigenvalue weighted by Crippen LogP contribution is -2.35. The van der Waals surface area contributed by atoms with E-state index in [0.717, 1.165) is 17.0 Å². The van der Waals surface area contributed by atoms with E-state index in [4.69, 9.17) is 0 Å². The minimum absolute atomic E-state index is 0.0712. The highest BCUT2D eigenvalue weighted by Gasteiger charge is 2.42. The number of nitrogens with zero attached hydrogens (tertiary/aromatic N) is 1. The summed E-state index contributed by atoms with van der Waals surface area (Å²) in [6.07, 6.45) is -3.85. The van der Waals surface area contributed by atoms with Crippen LogP contribution >= 0.6 is 0 Å². The van der Waals surface area contributed by atoms with E-state index >= 15 is 0 Å². The number of urea groups is 1. The molecular weight excluding hydrogens is 285 g/mol. The lowest BCUT2D eigenvalue weighted by atomic mass is 9.99. The minimum atomic E-state index is -4.52. The summed E-state index contributed by atoms with van der Waals surface area (Å²) in [4.78, 5) is 24.9. The molecule has 0 aliphatic carbocycles. The summed E-state index contributed by atoms with van der Waals surface area (Å²) >= 11 is 0. The molecule has 2 atom stereocenters. The molecule has 0 spiro atoms. The molecule has 0 aromatic heterocycles. The Labute approximate surface area is 119 Å². The van der Waals surface area contributed by atoms with E-state index in [1.54, 1.807) is 6.92 Å². The molecule has 1 aliphatic rings. The number of nitrogens with one attached hydrogen (secondary N) is 1. The zero-order valence-electron chi connectivity index (χ0n) is 11.6. The van der Waals surface area contributed by atoms with Gasteiger partial charge in [-0.1, -0.05) is 26.3 Å². The molecule has 4 nitrogen and oxygen atoms in total. The summed E-state index contributed by atoms with van der Waals surface area (Å²) in [7, 11) is 0. The van der Waals surface area contributed by atoms with Crippen LogP contribution in [-0.2, 0) is 11.0 Å². The van der Waals surface area contributed by atoms with Gasteiger partial charge in [-0.05, 0) is 24.1 Å². The first-order valence-corrected chi connectivity index (χ1v) is 6.57. The molecule has 0 radical (unpaired) electrons. The normalized spacial score (nSPS) is 20.6. The highest BCUT2D eigenvalue weighted by molar-refractivity contribution is 6.21. The number of halogens is 3. The molecule has 3 amide bonds. The van der Waals surface area contributed by atoms with Crippen LogP contribution in [0.1, 0.15) is 25.8 Å². The number of benzene rings is 1. The number of hydrogen-bond donors (Lipinski definition) is 1. The van der Waals surface area contributed by atoms with Gasteiger partial charge in [0.05, 0.1) is 11.3 Å². The molecule has 1 fully saturated rings. The quantitative estimate of drug-likeness (QED) is 0.872. The maximum atomic E-state index is 12.7. The predicted octanol–water partition coefficient (Wildman–Crippen LogP) is 3.18. The summed E-state index contributed by atoms with van der Waals surface area (Å²) in [5.74, 6) is -0.606. The standard InChI is InChI=1S/C14H15F3N2O2/c1-3-8(2)11-12(20)19(13(21)18-11)10-6-4-5-9(7-10)14(15,16)17/h4-8,11H,3H2,1-2H3,(H,18,21). The third-order valence-electron chi connectivity index (χ3n) is 3.61. The maximum Gasteiger partial charge on any atom is 0.416 e. The van der Waals surface area contributed by atoms with Crippen LogP contribution in [0.25, 0.3) is 0 Å². The van der Waals surface area contributed by atoms with Gasteiger partial charge in [0.15, 0.2) is 0 Å². The van der Waals surface area contributed by atoms with Gasteiger partial charge >= 0.3 is 12.2 Å². The van der Waals surface area contributed by atoms with Crippen molar-refractivity contribution in [1.29, 1.82) is 0 Å². The van der Waals surface area contributed by atoms with Gasteiger partial charge in [0, 0.05) is 0 Å². The Hall–Kier alpha value is -2.05. The highest BCUT2D eigenvalue weighted by atomic mass is 19.4. The average molecular weight is 300 g/mol. The van der Waals surface area contributed by atoms with Crippen LogP contribution in [0.4, 0.5) is 23.7 Å². The molecule has 114 valence electrons.